The van der Waals surface area contributed by atoms with Crippen molar-refractivity contribution in [3.8, 4) is 5.75 Å². The number of ketones is 1. The van der Waals surface area contributed by atoms with E-state index in [1.807, 2.05) is 18.2 Å². The molecule has 0 aliphatic heterocycles. The van der Waals surface area contributed by atoms with E-state index < -0.39 is 24.4 Å². The van der Waals surface area contributed by atoms with Crippen LogP contribution in [0.5, 0.6) is 5.75 Å². The van der Waals surface area contributed by atoms with Gasteiger partial charge in [0.15, 0.2) is 12.4 Å². The van der Waals surface area contributed by atoms with Gasteiger partial charge in [-0.2, -0.15) is 0 Å². The molecule has 6 nitrogen and oxygen atoms in total. The van der Waals surface area contributed by atoms with Crippen molar-refractivity contribution in [2.45, 2.75) is 19.3 Å². The van der Waals surface area contributed by atoms with E-state index in [1.165, 1.54) is 7.11 Å². The minimum atomic E-state index is -0.476. The van der Waals surface area contributed by atoms with Crippen LogP contribution in [0.3, 0.4) is 0 Å². The van der Waals surface area contributed by atoms with Crippen molar-refractivity contribution in [2.75, 3.05) is 19.0 Å². The molecule has 2 saturated carbocycles. The molecule has 2 fully saturated rings. The highest BCUT2D eigenvalue weighted by molar-refractivity contribution is 6.01. The number of carbonyl (C=O) groups excluding carboxylic acids is 3. The monoisotopic (exact) mass is 407 g/mol. The molecular weight excluding hydrogens is 382 g/mol. The van der Waals surface area contributed by atoms with Gasteiger partial charge >= 0.3 is 5.97 Å². The molecule has 0 aromatic heterocycles. The fourth-order valence-electron chi connectivity index (χ4n) is 4.97. The van der Waals surface area contributed by atoms with E-state index in [9.17, 15) is 14.4 Å². The summed E-state index contributed by atoms with van der Waals surface area (Å²) in [6.07, 6.45) is 2.76. The van der Waals surface area contributed by atoms with E-state index in [-0.39, 0.29) is 23.5 Å². The Hall–Kier alpha value is -3.15. The molecule has 0 saturated heterocycles. The van der Waals surface area contributed by atoms with Crippen molar-refractivity contribution in [1.29, 1.82) is 0 Å². The quantitative estimate of drug-likeness (QED) is 0.559. The second-order valence-electron chi connectivity index (χ2n) is 7.97. The first-order valence-corrected chi connectivity index (χ1v) is 10.3. The Morgan fingerprint density at radius 1 is 0.933 bits per heavy atom. The molecule has 0 spiro atoms. The second-order valence-corrected chi connectivity index (χ2v) is 7.97. The third kappa shape index (κ3) is 3.95. The molecule has 30 heavy (non-hydrogen) atoms. The van der Waals surface area contributed by atoms with Gasteiger partial charge in [0.25, 0.3) is 5.91 Å². The predicted molar refractivity (Wildman–Crippen MR) is 111 cm³/mol. The van der Waals surface area contributed by atoms with Crippen molar-refractivity contribution in [1.82, 2.24) is 0 Å². The molecule has 4 rings (SSSR count). The number of rotatable bonds is 7. The molecule has 2 aromatic rings. The number of hydrogen-bond donors (Lipinski definition) is 1. The van der Waals surface area contributed by atoms with Gasteiger partial charge in [-0.1, -0.05) is 42.5 Å². The second kappa shape index (κ2) is 8.69. The summed E-state index contributed by atoms with van der Waals surface area (Å²) in [5.41, 5.74) is 1.14. The Balaban J connectivity index is 1.40. The molecule has 2 aliphatic rings. The summed E-state index contributed by atoms with van der Waals surface area (Å²) >= 11 is 0. The molecule has 4 atom stereocenters. The van der Waals surface area contributed by atoms with Crippen molar-refractivity contribution in [3.05, 3.63) is 60.2 Å². The topological polar surface area (TPSA) is 81.7 Å². The predicted octanol–water partition coefficient (Wildman–Crippen LogP) is 3.72. The Morgan fingerprint density at radius 2 is 1.60 bits per heavy atom. The number of anilines is 1. The number of methoxy groups -OCH3 is 1. The van der Waals surface area contributed by atoms with Crippen molar-refractivity contribution in [2.24, 2.45) is 23.7 Å². The summed E-state index contributed by atoms with van der Waals surface area (Å²) in [5, 5.41) is 2.69. The molecule has 0 radical (unpaired) electrons. The Labute approximate surface area is 175 Å². The summed E-state index contributed by atoms with van der Waals surface area (Å²) in [5.74, 6) is -0.845. The minimum absolute atomic E-state index is 0.00298. The molecule has 1 N–H and O–H groups in total. The van der Waals surface area contributed by atoms with Gasteiger partial charge in [0.1, 0.15) is 5.75 Å². The number of hydrogen-bond acceptors (Lipinski definition) is 5. The van der Waals surface area contributed by atoms with Crippen LogP contribution >= 0.6 is 0 Å². The van der Waals surface area contributed by atoms with E-state index in [2.05, 4.69) is 5.32 Å². The first-order chi connectivity index (χ1) is 14.6. The maximum atomic E-state index is 13.1. The molecule has 6 heteroatoms. The molecule has 2 aromatic carbocycles. The largest absolute Gasteiger partial charge is 0.495 e. The van der Waals surface area contributed by atoms with E-state index in [0.29, 0.717) is 17.0 Å². The lowest BCUT2D eigenvalue weighted by Gasteiger charge is -2.28. The molecular formula is C24H25NO5. The number of nitrogens with one attached hydrogen (secondary N) is 1. The molecule has 2 aliphatic carbocycles. The normalized spacial score (nSPS) is 24.3. The van der Waals surface area contributed by atoms with Crippen LogP contribution in [0, 0.1) is 23.7 Å². The number of esters is 1. The summed E-state index contributed by atoms with van der Waals surface area (Å²) in [7, 11) is 1.52. The average Bonchev–Trinajstić information content (AvgIpc) is 3.40. The Kier molecular flexibility index (Phi) is 5.84. The van der Waals surface area contributed by atoms with Crippen molar-refractivity contribution >= 4 is 23.3 Å². The number of ether oxygens (including phenoxy) is 2. The number of carbonyl (C=O) groups is 3. The lowest BCUT2D eigenvalue weighted by atomic mass is 9.75. The molecule has 0 heterocycles. The van der Waals surface area contributed by atoms with Crippen LogP contribution in [-0.4, -0.2) is 31.4 Å². The van der Waals surface area contributed by atoms with Crippen molar-refractivity contribution < 1.29 is 23.9 Å². The van der Waals surface area contributed by atoms with E-state index in [4.69, 9.17) is 9.47 Å². The van der Waals surface area contributed by atoms with Gasteiger partial charge in [-0.25, -0.2) is 0 Å². The highest BCUT2D eigenvalue weighted by Crippen LogP contribution is 2.53. The van der Waals surface area contributed by atoms with Crippen LogP contribution in [0.1, 0.15) is 29.6 Å². The minimum Gasteiger partial charge on any atom is -0.495 e. The third-order valence-electron chi connectivity index (χ3n) is 6.28. The van der Waals surface area contributed by atoms with E-state index in [0.717, 1.165) is 19.3 Å². The maximum Gasteiger partial charge on any atom is 0.310 e. The number of amides is 1. The van der Waals surface area contributed by atoms with Gasteiger partial charge in [-0.15, -0.1) is 0 Å². The zero-order chi connectivity index (χ0) is 21.1. The van der Waals surface area contributed by atoms with Crippen molar-refractivity contribution in [3.63, 3.8) is 0 Å². The highest BCUT2D eigenvalue weighted by Gasteiger charge is 2.54. The van der Waals surface area contributed by atoms with Gasteiger partial charge in [0.2, 0.25) is 0 Å². The summed E-state index contributed by atoms with van der Waals surface area (Å²) in [6, 6.07) is 16.1. The smallest absolute Gasteiger partial charge is 0.310 e. The zero-order valence-electron chi connectivity index (χ0n) is 16.9. The van der Waals surface area contributed by atoms with Crippen LogP contribution in [0.4, 0.5) is 5.69 Å². The first kappa shape index (κ1) is 20.1. The van der Waals surface area contributed by atoms with Crippen LogP contribution in [-0.2, 0) is 14.3 Å². The molecule has 2 bridgehead atoms. The Morgan fingerprint density at radius 3 is 2.33 bits per heavy atom. The van der Waals surface area contributed by atoms with Crippen LogP contribution in [0.15, 0.2) is 54.6 Å². The lowest BCUT2D eigenvalue weighted by molar-refractivity contribution is -0.154. The number of fused-ring (bicyclic) bond motifs is 2. The first-order valence-electron chi connectivity index (χ1n) is 10.3. The molecule has 1 amide bonds. The summed E-state index contributed by atoms with van der Waals surface area (Å²) < 4.78 is 10.6. The zero-order valence-corrected chi connectivity index (χ0v) is 16.9. The van der Waals surface area contributed by atoms with Crippen LogP contribution in [0.25, 0.3) is 0 Å². The molecule has 0 unspecified atom stereocenters. The fourth-order valence-corrected chi connectivity index (χ4v) is 4.97. The summed E-state index contributed by atoms with van der Waals surface area (Å²) in [6.45, 7) is -0.392. The van der Waals surface area contributed by atoms with Crippen LogP contribution in [0.2, 0.25) is 0 Å². The highest BCUT2D eigenvalue weighted by atomic mass is 16.5. The Bertz CT molecular complexity index is 942. The van der Waals surface area contributed by atoms with Crippen LogP contribution < -0.4 is 10.1 Å². The number of Topliss-reactive ketones (excluding diaryl/α,β-unsaturated/α-hetero) is 1. The summed E-state index contributed by atoms with van der Waals surface area (Å²) in [4.78, 5) is 38.3. The molecule has 156 valence electrons. The van der Waals surface area contributed by atoms with E-state index >= 15 is 0 Å². The van der Waals surface area contributed by atoms with E-state index in [1.54, 1.807) is 36.4 Å². The maximum absolute atomic E-state index is 13.1. The standard InChI is InChI=1S/C24H25NO5/c1-29-19-10-6-5-9-18(19)25-20(26)14-30-24(28)22-17-12-11-16(13-17)21(22)23(27)15-7-3-2-4-8-15/h2-10,16-17,21-22H,11-14H2,1H3,(H,25,26)/t16-,17-,21-,22-/m0/s1. The fraction of sp³-hybridized carbons (Fsp3) is 0.375. The average molecular weight is 407 g/mol. The van der Waals surface area contributed by atoms with Gasteiger partial charge in [0.05, 0.1) is 18.7 Å². The van der Waals surface area contributed by atoms with Gasteiger partial charge in [0, 0.05) is 11.5 Å². The third-order valence-corrected chi connectivity index (χ3v) is 6.28. The lowest BCUT2D eigenvalue weighted by Crippen LogP contribution is -2.37. The number of benzene rings is 2. The SMILES string of the molecule is COc1ccccc1NC(=O)COC(=O)[C@H]1[C@H]2CC[C@@H](C2)[C@@H]1C(=O)c1ccccc1. The van der Waals surface area contributed by atoms with Gasteiger partial charge in [-0.3, -0.25) is 14.4 Å². The van der Waals surface area contributed by atoms with Gasteiger partial charge < -0.3 is 14.8 Å². The number of para-hydroxylation sites is 2. The van der Waals surface area contributed by atoms with Gasteiger partial charge in [-0.05, 0) is 43.2 Å².